The van der Waals surface area contributed by atoms with E-state index in [1.165, 1.54) is 29.1 Å². The van der Waals surface area contributed by atoms with Crippen LogP contribution in [0.1, 0.15) is 34.3 Å². The summed E-state index contributed by atoms with van der Waals surface area (Å²) in [6, 6.07) is 9.94. The maximum absolute atomic E-state index is 13.1. The number of phenols is 1. The molecule has 8 heteroatoms. The number of carbonyl (C=O) groups is 1. The Balaban J connectivity index is 1.47. The van der Waals surface area contributed by atoms with E-state index in [2.05, 4.69) is 0 Å². The van der Waals surface area contributed by atoms with Crippen molar-refractivity contribution in [2.75, 3.05) is 33.3 Å². The number of rotatable bonds is 4. The van der Waals surface area contributed by atoms with Crippen LogP contribution in [-0.4, -0.2) is 61.9 Å². The minimum Gasteiger partial charge on any atom is -0.507 e. The summed E-state index contributed by atoms with van der Waals surface area (Å²) in [7, 11) is -2.11. The molecule has 2 aromatic rings. The van der Waals surface area contributed by atoms with Crippen LogP contribution in [-0.2, 0) is 22.9 Å². The fourth-order valence-corrected chi connectivity index (χ4v) is 5.61. The summed E-state index contributed by atoms with van der Waals surface area (Å²) in [5.74, 6) is 0.0203. The van der Waals surface area contributed by atoms with Gasteiger partial charge in [0.1, 0.15) is 11.5 Å². The molecule has 4 rings (SSSR count). The molecule has 1 N–H and O–H groups in total. The first kappa shape index (κ1) is 20.7. The van der Waals surface area contributed by atoms with Crippen molar-refractivity contribution in [1.29, 1.82) is 0 Å². The van der Waals surface area contributed by atoms with Crippen molar-refractivity contribution in [2.45, 2.75) is 30.6 Å². The van der Waals surface area contributed by atoms with Crippen LogP contribution in [0.4, 0.5) is 0 Å². The average molecular weight is 431 g/mol. The summed E-state index contributed by atoms with van der Waals surface area (Å²) < 4.78 is 32.8. The Morgan fingerprint density at radius 2 is 1.67 bits per heavy atom. The number of phenolic OH excluding ortho intramolecular Hbond substituents is 1. The van der Waals surface area contributed by atoms with Gasteiger partial charge in [0.25, 0.3) is 5.91 Å². The minimum atomic E-state index is -3.60. The van der Waals surface area contributed by atoms with Gasteiger partial charge in [0, 0.05) is 26.2 Å². The Kier molecular flexibility index (Phi) is 5.71. The predicted molar refractivity (Wildman–Crippen MR) is 112 cm³/mol. The number of hydrogen-bond donors (Lipinski definition) is 1. The Morgan fingerprint density at radius 1 is 0.967 bits per heavy atom. The fourth-order valence-electron chi connectivity index (χ4n) is 4.13. The molecule has 7 nitrogen and oxygen atoms in total. The molecule has 1 heterocycles. The maximum atomic E-state index is 13.1. The third-order valence-electron chi connectivity index (χ3n) is 5.92. The summed E-state index contributed by atoms with van der Waals surface area (Å²) in [4.78, 5) is 14.7. The van der Waals surface area contributed by atoms with Gasteiger partial charge in [-0.05, 0) is 67.1 Å². The monoisotopic (exact) mass is 430 g/mol. The van der Waals surface area contributed by atoms with Gasteiger partial charge in [-0.15, -0.1) is 0 Å². The van der Waals surface area contributed by atoms with E-state index in [-0.39, 0.29) is 43.4 Å². The number of carbonyl (C=O) groups excluding carboxylic acids is 1. The topological polar surface area (TPSA) is 87.2 Å². The number of amides is 1. The van der Waals surface area contributed by atoms with Gasteiger partial charge in [-0.25, -0.2) is 8.42 Å². The van der Waals surface area contributed by atoms with Crippen LogP contribution in [0.5, 0.6) is 11.5 Å². The number of aryl methyl sites for hydroxylation is 2. The second-order valence-corrected chi connectivity index (χ2v) is 9.65. The first-order valence-electron chi connectivity index (χ1n) is 10.2. The Bertz CT molecular complexity index is 1060. The number of fused-ring (bicyclic) bond motifs is 1. The van der Waals surface area contributed by atoms with Gasteiger partial charge in [0.15, 0.2) is 0 Å². The molecule has 0 saturated carbocycles. The number of piperazine rings is 1. The van der Waals surface area contributed by atoms with Crippen molar-refractivity contribution in [1.82, 2.24) is 9.21 Å². The van der Waals surface area contributed by atoms with Crippen molar-refractivity contribution < 1.29 is 23.1 Å². The summed E-state index contributed by atoms with van der Waals surface area (Å²) in [5.41, 5.74) is 2.53. The van der Waals surface area contributed by atoms with E-state index in [1.807, 2.05) is 12.1 Å². The van der Waals surface area contributed by atoms with Gasteiger partial charge in [0.2, 0.25) is 10.0 Å². The molecular weight excluding hydrogens is 404 g/mol. The second-order valence-electron chi connectivity index (χ2n) is 7.72. The van der Waals surface area contributed by atoms with Gasteiger partial charge in [-0.3, -0.25) is 4.79 Å². The number of sulfonamides is 1. The van der Waals surface area contributed by atoms with Crippen molar-refractivity contribution >= 4 is 15.9 Å². The highest BCUT2D eigenvalue weighted by molar-refractivity contribution is 7.89. The van der Waals surface area contributed by atoms with Gasteiger partial charge in [0.05, 0.1) is 17.6 Å². The first-order valence-corrected chi connectivity index (χ1v) is 11.6. The normalized spacial score (nSPS) is 17.4. The zero-order chi connectivity index (χ0) is 21.3. The van der Waals surface area contributed by atoms with Crippen LogP contribution in [0.25, 0.3) is 0 Å². The van der Waals surface area contributed by atoms with Gasteiger partial charge in [-0.1, -0.05) is 6.07 Å². The van der Waals surface area contributed by atoms with E-state index in [4.69, 9.17) is 4.74 Å². The maximum Gasteiger partial charge on any atom is 0.257 e. The second kappa shape index (κ2) is 8.28. The molecule has 0 radical (unpaired) electrons. The zero-order valence-electron chi connectivity index (χ0n) is 17.0. The fraction of sp³-hybridized carbons (Fsp3) is 0.409. The summed E-state index contributed by atoms with van der Waals surface area (Å²) in [6.07, 6.45) is 4.17. The molecule has 2 aliphatic rings. The molecule has 0 aromatic heterocycles. The molecule has 1 aliphatic carbocycles. The third kappa shape index (κ3) is 3.89. The van der Waals surface area contributed by atoms with E-state index >= 15 is 0 Å². The lowest BCUT2D eigenvalue weighted by molar-refractivity contribution is 0.0694. The number of methoxy groups -OCH3 is 1. The molecule has 30 heavy (non-hydrogen) atoms. The molecule has 0 spiro atoms. The first-order chi connectivity index (χ1) is 14.4. The molecule has 1 amide bonds. The lowest BCUT2D eigenvalue weighted by atomic mass is 9.92. The van der Waals surface area contributed by atoms with E-state index in [9.17, 15) is 18.3 Å². The smallest absolute Gasteiger partial charge is 0.257 e. The predicted octanol–water partition coefficient (Wildman–Crippen LogP) is 2.43. The quantitative estimate of drug-likeness (QED) is 0.805. The van der Waals surface area contributed by atoms with Crippen LogP contribution < -0.4 is 4.74 Å². The Morgan fingerprint density at radius 3 is 2.37 bits per heavy atom. The van der Waals surface area contributed by atoms with E-state index in [1.54, 1.807) is 17.0 Å². The summed E-state index contributed by atoms with van der Waals surface area (Å²) in [5, 5.41) is 10.0. The number of ether oxygens (including phenoxy) is 1. The van der Waals surface area contributed by atoms with Crippen LogP contribution in [0.15, 0.2) is 41.3 Å². The van der Waals surface area contributed by atoms with Crippen LogP contribution in [0.3, 0.4) is 0 Å². The van der Waals surface area contributed by atoms with E-state index in [0.29, 0.717) is 10.6 Å². The molecule has 0 bridgehead atoms. The molecule has 160 valence electrons. The van der Waals surface area contributed by atoms with Gasteiger partial charge >= 0.3 is 0 Å². The number of aromatic hydroxyl groups is 1. The average Bonchev–Trinajstić information content (AvgIpc) is 2.78. The highest BCUT2D eigenvalue weighted by Gasteiger charge is 2.31. The Hall–Kier alpha value is -2.58. The lowest BCUT2D eigenvalue weighted by Gasteiger charge is -2.34. The third-order valence-corrected chi connectivity index (χ3v) is 7.81. The summed E-state index contributed by atoms with van der Waals surface area (Å²) >= 11 is 0. The molecular formula is C22H26N2O5S. The molecule has 1 fully saturated rings. The number of nitrogens with zero attached hydrogens (tertiary/aromatic N) is 2. The van der Waals surface area contributed by atoms with E-state index in [0.717, 1.165) is 31.2 Å². The van der Waals surface area contributed by atoms with Crippen molar-refractivity contribution in [3.05, 3.63) is 53.1 Å². The van der Waals surface area contributed by atoms with E-state index < -0.39 is 10.0 Å². The number of hydrogen-bond acceptors (Lipinski definition) is 5. The largest absolute Gasteiger partial charge is 0.507 e. The van der Waals surface area contributed by atoms with Crippen molar-refractivity contribution in [3.8, 4) is 11.5 Å². The van der Waals surface area contributed by atoms with Gasteiger partial charge < -0.3 is 14.7 Å². The van der Waals surface area contributed by atoms with Gasteiger partial charge in [-0.2, -0.15) is 4.31 Å². The molecule has 0 atom stereocenters. The zero-order valence-corrected chi connectivity index (χ0v) is 17.8. The lowest BCUT2D eigenvalue weighted by Crippen LogP contribution is -2.50. The van der Waals surface area contributed by atoms with Crippen molar-refractivity contribution in [3.63, 3.8) is 0 Å². The molecule has 2 aromatic carbocycles. The Labute approximate surface area is 176 Å². The van der Waals surface area contributed by atoms with Crippen LogP contribution in [0.2, 0.25) is 0 Å². The highest BCUT2D eigenvalue weighted by atomic mass is 32.2. The van der Waals surface area contributed by atoms with Crippen LogP contribution in [0, 0.1) is 0 Å². The molecule has 1 aliphatic heterocycles. The minimum absolute atomic E-state index is 0.120. The molecule has 0 unspecified atom stereocenters. The highest BCUT2D eigenvalue weighted by Crippen LogP contribution is 2.28. The standard InChI is InChI=1S/C22H26N2O5S/c1-29-18-7-9-21(25)20(15-18)22(26)23-10-12-24(13-11-23)30(27,28)19-8-6-16-4-2-3-5-17(16)14-19/h6-9,14-15,25H,2-5,10-13H2,1H3. The van der Waals surface area contributed by atoms with Crippen LogP contribution >= 0.6 is 0 Å². The summed E-state index contributed by atoms with van der Waals surface area (Å²) in [6.45, 7) is 0.963. The SMILES string of the molecule is COc1ccc(O)c(C(=O)N2CCN(S(=O)(=O)c3ccc4c(c3)CCCC4)CC2)c1. The number of benzene rings is 2. The van der Waals surface area contributed by atoms with Crippen molar-refractivity contribution in [2.24, 2.45) is 0 Å². The molecule has 1 saturated heterocycles.